The van der Waals surface area contributed by atoms with Gasteiger partial charge in [-0.2, -0.15) is 11.8 Å². The summed E-state index contributed by atoms with van der Waals surface area (Å²) >= 11 is 8.92. The van der Waals surface area contributed by atoms with Crippen molar-refractivity contribution in [3.8, 4) is 0 Å². The van der Waals surface area contributed by atoms with Crippen LogP contribution in [0.4, 0.5) is 0 Å². The third-order valence-corrected chi connectivity index (χ3v) is 4.45. The van der Waals surface area contributed by atoms with E-state index >= 15 is 0 Å². The van der Waals surface area contributed by atoms with E-state index in [2.05, 4.69) is 56.0 Å². The van der Waals surface area contributed by atoms with Crippen LogP contribution in [0.5, 0.6) is 0 Å². The number of nitrogens with one attached hydrogen (secondary N) is 1. The molecule has 5 heteroatoms. The van der Waals surface area contributed by atoms with Crippen LogP contribution in [0.2, 0.25) is 0 Å². The molecule has 1 aromatic rings. The number of pyridine rings is 1. The second kappa shape index (κ2) is 8.51. The number of halogens is 2. The summed E-state index contributed by atoms with van der Waals surface area (Å²) in [6.45, 7) is 5.24. The van der Waals surface area contributed by atoms with Crippen molar-refractivity contribution >= 4 is 43.6 Å². The maximum atomic E-state index is 4.38. The van der Waals surface area contributed by atoms with Gasteiger partial charge in [-0.05, 0) is 62.8 Å². The summed E-state index contributed by atoms with van der Waals surface area (Å²) in [7, 11) is 0. The largest absolute Gasteiger partial charge is 0.309 e. The Morgan fingerprint density at radius 2 is 2.24 bits per heavy atom. The fraction of sp³-hybridized carbons (Fsp3) is 0.583. The van der Waals surface area contributed by atoms with Crippen LogP contribution in [-0.4, -0.2) is 22.5 Å². The van der Waals surface area contributed by atoms with Crippen molar-refractivity contribution in [3.05, 3.63) is 26.9 Å². The number of aromatic nitrogens is 1. The number of nitrogens with zero attached hydrogens (tertiary/aromatic N) is 1. The Labute approximate surface area is 125 Å². The molecule has 0 saturated heterocycles. The van der Waals surface area contributed by atoms with E-state index in [1.165, 1.54) is 17.9 Å². The Bertz CT molecular complexity index is 347. The molecule has 0 fully saturated rings. The molecule has 0 amide bonds. The minimum absolute atomic E-state index is 0.534. The van der Waals surface area contributed by atoms with Crippen molar-refractivity contribution in [1.82, 2.24) is 10.3 Å². The first kappa shape index (κ1) is 15.5. The summed E-state index contributed by atoms with van der Waals surface area (Å²) in [6, 6.07) is 2.56. The van der Waals surface area contributed by atoms with E-state index in [0.29, 0.717) is 6.04 Å². The normalized spacial score (nSPS) is 12.7. The van der Waals surface area contributed by atoms with E-state index in [9.17, 15) is 0 Å². The van der Waals surface area contributed by atoms with Gasteiger partial charge in [-0.25, -0.2) is 0 Å². The van der Waals surface area contributed by atoms with Crippen LogP contribution in [0.15, 0.2) is 21.2 Å². The summed E-state index contributed by atoms with van der Waals surface area (Å²) < 4.78 is 2.05. The minimum atomic E-state index is 0.534. The number of thioether (sulfide) groups is 1. The molecule has 96 valence electrons. The molecule has 0 aliphatic heterocycles. The van der Waals surface area contributed by atoms with Crippen LogP contribution in [0.25, 0.3) is 0 Å². The number of hydrogen-bond donors (Lipinski definition) is 1. The van der Waals surface area contributed by atoms with Crippen LogP contribution in [0, 0.1) is 0 Å². The van der Waals surface area contributed by atoms with Crippen molar-refractivity contribution in [2.45, 2.75) is 32.9 Å². The van der Waals surface area contributed by atoms with Crippen LogP contribution in [0.3, 0.4) is 0 Å². The Morgan fingerprint density at radius 1 is 1.47 bits per heavy atom. The van der Waals surface area contributed by atoms with Gasteiger partial charge in [-0.1, -0.05) is 6.92 Å². The van der Waals surface area contributed by atoms with Gasteiger partial charge in [0.25, 0.3) is 0 Å². The molecule has 1 unspecified atom stereocenters. The molecular formula is C12H18Br2N2S. The molecule has 0 saturated carbocycles. The van der Waals surface area contributed by atoms with Crippen molar-refractivity contribution in [3.63, 3.8) is 0 Å². The lowest BCUT2D eigenvalue weighted by molar-refractivity contribution is 0.531. The first-order valence-electron chi connectivity index (χ1n) is 5.74. The van der Waals surface area contributed by atoms with Gasteiger partial charge in [0.15, 0.2) is 0 Å². The third kappa shape index (κ3) is 6.22. The first-order chi connectivity index (χ1) is 8.13. The lowest BCUT2D eigenvalue weighted by Gasteiger charge is -2.13. The Kier molecular flexibility index (Phi) is 7.75. The molecule has 0 bridgehead atoms. The molecule has 0 radical (unpaired) electrons. The average Bonchev–Trinajstić information content (AvgIpc) is 2.28. The minimum Gasteiger partial charge on any atom is -0.309 e. The highest BCUT2D eigenvalue weighted by atomic mass is 79.9. The smallest absolute Gasteiger partial charge is 0.0684 e. The van der Waals surface area contributed by atoms with E-state index in [1.54, 1.807) is 0 Å². The molecule has 1 rings (SSSR count). The number of hydrogen-bond acceptors (Lipinski definition) is 3. The third-order valence-electron chi connectivity index (χ3n) is 2.40. The predicted octanol–water partition coefficient (Wildman–Crippen LogP) is 4.23. The van der Waals surface area contributed by atoms with Gasteiger partial charge in [-0.3, -0.25) is 4.98 Å². The Hall–Kier alpha value is 0.420. The predicted molar refractivity (Wildman–Crippen MR) is 83.6 cm³/mol. The fourth-order valence-corrected chi connectivity index (χ4v) is 3.29. The zero-order valence-corrected chi connectivity index (χ0v) is 14.2. The average molecular weight is 382 g/mol. The standard InChI is InChI=1S/C12H18Br2N2S/c1-3-17-5-4-9(2)15-8-12-11(14)6-10(13)7-16-12/h6-7,9,15H,3-5,8H2,1-2H3. The van der Waals surface area contributed by atoms with Gasteiger partial charge >= 0.3 is 0 Å². The van der Waals surface area contributed by atoms with Gasteiger partial charge in [0.05, 0.1) is 5.69 Å². The number of rotatable bonds is 7. The topological polar surface area (TPSA) is 24.9 Å². The second-order valence-electron chi connectivity index (χ2n) is 3.85. The van der Waals surface area contributed by atoms with Crippen molar-refractivity contribution in [2.24, 2.45) is 0 Å². The van der Waals surface area contributed by atoms with Gasteiger partial charge in [0, 0.05) is 27.7 Å². The van der Waals surface area contributed by atoms with E-state index in [1.807, 2.05) is 24.0 Å². The SMILES string of the molecule is CCSCCC(C)NCc1ncc(Br)cc1Br. The highest BCUT2D eigenvalue weighted by Crippen LogP contribution is 2.19. The maximum Gasteiger partial charge on any atom is 0.0684 e. The summed E-state index contributed by atoms with van der Waals surface area (Å²) in [5.41, 5.74) is 1.06. The molecule has 17 heavy (non-hydrogen) atoms. The van der Waals surface area contributed by atoms with Gasteiger partial charge in [0.1, 0.15) is 0 Å². The molecule has 1 atom stereocenters. The summed E-state index contributed by atoms with van der Waals surface area (Å²) in [5.74, 6) is 2.42. The van der Waals surface area contributed by atoms with Crippen LogP contribution in [0.1, 0.15) is 26.0 Å². The first-order valence-corrected chi connectivity index (χ1v) is 8.48. The lowest BCUT2D eigenvalue weighted by Crippen LogP contribution is -2.26. The Balaban J connectivity index is 2.34. The molecule has 0 aliphatic carbocycles. The summed E-state index contributed by atoms with van der Waals surface area (Å²) in [6.07, 6.45) is 3.03. The Morgan fingerprint density at radius 3 is 2.88 bits per heavy atom. The van der Waals surface area contributed by atoms with E-state index < -0.39 is 0 Å². The maximum absolute atomic E-state index is 4.38. The summed E-state index contributed by atoms with van der Waals surface area (Å²) in [5, 5.41) is 3.50. The molecule has 0 aromatic carbocycles. The van der Waals surface area contributed by atoms with E-state index in [-0.39, 0.29) is 0 Å². The highest BCUT2D eigenvalue weighted by molar-refractivity contribution is 9.11. The van der Waals surface area contributed by atoms with E-state index in [4.69, 9.17) is 0 Å². The molecule has 0 spiro atoms. The van der Waals surface area contributed by atoms with Gasteiger partial charge < -0.3 is 5.32 Å². The second-order valence-corrected chi connectivity index (χ2v) is 7.01. The molecule has 1 heterocycles. The lowest BCUT2D eigenvalue weighted by atomic mass is 10.2. The van der Waals surface area contributed by atoms with Crippen molar-refractivity contribution < 1.29 is 0 Å². The van der Waals surface area contributed by atoms with Gasteiger partial charge in [-0.15, -0.1) is 0 Å². The van der Waals surface area contributed by atoms with Crippen LogP contribution >= 0.6 is 43.6 Å². The molecule has 1 N–H and O–H groups in total. The zero-order chi connectivity index (χ0) is 12.7. The summed E-state index contributed by atoms with van der Waals surface area (Å²) in [4.78, 5) is 4.38. The van der Waals surface area contributed by atoms with E-state index in [0.717, 1.165) is 21.2 Å². The van der Waals surface area contributed by atoms with Gasteiger partial charge in [0.2, 0.25) is 0 Å². The van der Waals surface area contributed by atoms with Crippen LogP contribution in [-0.2, 0) is 6.54 Å². The fourth-order valence-electron chi connectivity index (χ4n) is 1.35. The molecule has 0 aliphatic rings. The molecule has 1 aromatic heterocycles. The monoisotopic (exact) mass is 380 g/mol. The van der Waals surface area contributed by atoms with Crippen molar-refractivity contribution in [2.75, 3.05) is 11.5 Å². The highest BCUT2D eigenvalue weighted by Gasteiger charge is 2.05. The van der Waals surface area contributed by atoms with Crippen LogP contribution < -0.4 is 5.32 Å². The molecule has 2 nitrogen and oxygen atoms in total. The zero-order valence-electron chi connectivity index (χ0n) is 10.2. The van der Waals surface area contributed by atoms with Crippen molar-refractivity contribution in [1.29, 1.82) is 0 Å². The molecular weight excluding hydrogens is 364 g/mol. The quantitative estimate of drug-likeness (QED) is 0.715.